The first kappa shape index (κ1) is 15.5. The topological polar surface area (TPSA) is 58.4 Å². The van der Waals surface area contributed by atoms with E-state index >= 15 is 0 Å². The Morgan fingerprint density at radius 1 is 1.38 bits per heavy atom. The van der Waals surface area contributed by atoms with Crippen LogP contribution in [0.1, 0.15) is 33.8 Å². The summed E-state index contributed by atoms with van der Waals surface area (Å²) in [5.41, 5.74) is 10.2. The molecule has 0 radical (unpaired) electrons. The maximum Gasteiger partial charge on any atom is 0.270 e. The Kier molecular flexibility index (Phi) is 4.93. The molecule has 21 heavy (non-hydrogen) atoms. The van der Waals surface area contributed by atoms with Crippen LogP contribution in [0.25, 0.3) is 0 Å². The van der Waals surface area contributed by atoms with Gasteiger partial charge in [0.15, 0.2) is 5.11 Å². The van der Waals surface area contributed by atoms with Crippen molar-refractivity contribution in [3.63, 3.8) is 0 Å². The van der Waals surface area contributed by atoms with Crippen LogP contribution in [0.4, 0.5) is 0 Å². The van der Waals surface area contributed by atoms with Crippen LogP contribution in [0, 0.1) is 6.92 Å². The van der Waals surface area contributed by atoms with Gasteiger partial charge in [0.05, 0.1) is 11.6 Å². The van der Waals surface area contributed by atoms with Crippen LogP contribution >= 0.6 is 23.6 Å². The molecule has 1 aromatic heterocycles. The Labute approximate surface area is 133 Å². The van der Waals surface area contributed by atoms with Gasteiger partial charge in [0, 0.05) is 10.3 Å². The van der Waals surface area contributed by atoms with Crippen molar-refractivity contribution in [1.29, 1.82) is 0 Å². The van der Waals surface area contributed by atoms with Crippen LogP contribution < -0.4 is 11.2 Å². The first-order chi connectivity index (χ1) is 9.99. The molecule has 0 bridgehead atoms. The first-order valence-corrected chi connectivity index (χ1v) is 7.77. The third-order valence-corrected chi connectivity index (χ3v) is 4.18. The summed E-state index contributed by atoms with van der Waals surface area (Å²) in [5.74, 6) is -0.213. The van der Waals surface area contributed by atoms with Gasteiger partial charge in [-0.15, -0.1) is 11.3 Å². The van der Waals surface area contributed by atoms with Gasteiger partial charge in [0.1, 0.15) is 0 Å². The summed E-state index contributed by atoms with van der Waals surface area (Å²) in [7, 11) is 0. The minimum atomic E-state index is -0.213. The van der Waals surface area contributed by atoms with Crippen molar-refractivity contribution in [2.24, 2.45) is 5.73 Å². The smallest absolute Gasteiger partial charge is 0.270 e. The third-order valence-electron chi connectivity index (χ3n) is 3.12. The molecule has 1 heterocycles. The maximum absolute atomic E-state index is 12.2. The zero-order valence-corrected chi connectivity index (χ0v) is 13.5. The molecule has 2 aromatic rings. The van der Waals surface area contributed by atoms with Gasteiger partial charge >= 0.3 is 0 Å². The monoisotopic (exact) mass is 319 g/mol. The van der Waals surface area contributed by atoms with E-state index in [1.54, 1.807) is 0 Å². The highest BCUT2D eigenvalue weighted by molar-refractivity contribution is 7.80. The fourth-order valence-electron chi connectivity index (χ4n) is 1.96. The number of hydrogen-bond acceptors (Lipinski definition) is 3. The van der Waals surface area contributed by atoms with Crippen LogP contribution in [0.3, 0.4) is 0 Å². The summed E-state index contributed by atoms with van der Waals surface area (Å²) < 4.78 is 0. The van der Waals surface area contributed by atoms with Crippen molar-refractivity contribution in [3.05, 3.63) is 57.8 Å². The molecule has 4 nitrogen and oxygen atoms in total. The van der Waals surface area contributed by atoms with Crippen molar-refractivity contribution in [2.45, 2.75) is 19.9 Å². The molecular weight excluding hydrogens is 302 g/mol. The lowest BCUT2D eigenvalue weighted by Crippen LogP contribution is -2.49. The molecule has 1 aromatic carbocycles. The van der Waals surface area contributed by atoms with Crippen LogP contribution in [0.2, 0.25) is 0 Å². The molecule has 0 fully saturated rings. The number of aryl methyl sites for hydroxylation is 1. The number of nitrogens with two attached hydrogens (primary N) is 1. The average Bonchev–Trinajstić information content (AvgIpc) is 2.91. The maximum atomic E-state index is 12.2. The van der Waals surface area contributed by atoms with Gasteiger partial charge in [-0.25, -0.2) is 0 Å². The molecular formula is C15H17N3OS2. The van der Waals surface area contributed by atoms with E-state index in [-0.39, 0.29) is 17.1 Å². The summed E-state index contributed by atoms with van der Waals surface area (Å²) >= 11 is 6.59. The third kappa shape index (κ3) is 3.80. The van der Waals surface area contributed by atoms with E-state index in [2.05, 4.69) is 5.43 Å². The number of carbonyl (C=O) groups is 1. The molecule has 0 aliphatic rings. The van der Waals surface area contributed by atoms with E-state index in [0.29, 0.717) is 5.56 Å². The predicted molar refractivity (Wildman–Crippen MR) is 90.0 cm³/mol. The van der Waals surface area contributed by atoms with Crippen LogP contribution in [-0.2, 0) is 0 Å². The molecule has 0 aliphatic carbocycles. The number of nitrogens with zero attached hydrogens (tertiary/aromatic N) is 1. The van der Waals surface area contributed by atoms with Gasteiger partial charge in [-0.05, 0) is 37.7 Å². The zero-order chi connectivity index (χ0) is 15.4. The number of thiocarbonyl (C=S) groups is 1. The largest absolute Gasteiger partial charge is 0.375 e. The predicted octanol–water partition coefficient (Wildman–Crippen LogP) is 3.01. The number of nitrogens with one attached hydrogen (secondary N) is 1. The van der Waals surface area contributed by atoms with Gasteiger partial charge in [-0.1, -0.05) is 30.3 Å². The van der Waals surface area contributed by atoms with E-state index < -0.39 is 0 Å². The highest BCUT2D eigenvalue weighted by atomic mass is 32.1. The normalized spacial score (nSPS) is 11.7. The molecule has 0 aliphatic heterocycles. The zero-order valence-electron chi connectivity index (χ0n) is 11.9. The van der Waals surface area contributed by atoms with E-state index in [0.717, 1.165) is 10.4 Å². The molecule has 6 heteroatoms. The number of hydrogen-bond donors (Lipinski definition) is 2. The summed E-state index contributed by atoms with van der Waals surface area (Å²) in [6.07, 6.45) is 0. The number of rotatable bonds is 3. The van der Waals surface area contributed by atoms with Gasteiger partial charge in [0.25, 0.3) is 5.91 Å². The Morgan fingerprint density at radius 3 is 2.57 bits per heavy atom. The minimum Gasteiger partial charge on any atom is -0.375 e. The van der Waals surface area contributed by atoms with Gasteiger partial charge in [-0.3, -0.25) is 15.2 Å². The number of amides is 1. The summed E-state index contributed by atoms with van der Waals surface area (Å²) in [4.78, 5) is 13.3. The van der Waals surface area contributed by atoms with E-state index in [1.807, 2.05) is 55.6 Å². The summed E-state index contributed by atoms with van der Waals surface area (Å²) in [5, 5.41) is 3.46. The van der Waals surface area contributed by atoms with Crippen molar-refractivity contribution in [1.82, 2.24) is 10.4 Å². The van der Waals surface area contributed by atoms with Gasteiger partial charge in [0.2, 0.25) is 0 Å². The van der Waals surface area contributed by atoms with Crippen molar-refractivity contribution < 1.29 is 4.79 Å². The molecule has 0 saturated carbocycles. The lowest BCUT2D eigenvalue weighted by Gasteiger charge is -2.29. The second kappa shape index (κ2) is 6.69. The fourth-order valence-corrected chi connectivity index (χ4v) is 2.85. The molecule has 1 unspecified atom stereocenters. The van der Waals surface area contributed by atoms with Crippen LogP contribution in [0.5, 0.6) is 0 Å². The number of thiophene rings is 1. The van der Waals surface area contributed by atoms with Crippen molar-refractivity contribution in [3.8, 4) is 0 Å². The summed E-state index contributed by atoms with van der Waals surface area (Å²) in [6, 6.07) is 11.4. The lowest BCUT2D eigenvalue weighted by molar-refractivity contribution is 0.0841. The molecule has 0 saturated heterocycles. The highest BCUT2D eigenvalue weighted by Gasteiger charge is 2.20. The van der Waals surface area contributed by atoms with E-state index in [1.165, 1.54) is 16.3 Å². The number of carbonyl (C=O) groups excluding carboxylic acids is 1. The Bertz CT molecular complexity index is 639. The molecule has 3 N–H and O–H groups in total. The Hall–Kier alpha value is -1.92. The Morgan fingerprint density at radius 2 is 2.05 bits per heavy atom. The lowest BCUT2D eigenvalue weighted by atomic mass is 10.1. The SMILES string of the molecule is Cc1cc(C(=O)NN(C(N)=S)C(C)c2ccccc2)cs1. The van der Waals surface area contributed by atoms with Crippen LogP contribution in [-0.4, -0.2) is 16.0 Å². The highest BCUT2D eigenvalue weighted by Crippen LogP contribution is 2.19. The average molecular weight is 319 g/mol. The van der Waals surface area contributed by atoms with Gasteiger partial charge < -0.3 is 5.73 Å². The second-order valence-corrected chi connectivity index (χ2v) is 6.22. The fraction of sp³-hybridized carbons (Fsp3) is 0.200. The Balaban J connectivity index is 2.16. The minimum absolute atomic E-state index is 0.131. The van der Waals surface area contributed by atoms with Crippen molar-refractivity contribution >= 4 is 34.6 Å². The van der Waals surface area contributed by atoms with Gasteiger partial charge in [-0.2, -0.15) is 0 Å². The molecule has 1 amide bonds. The number of benzene rings is 1. The summed E-state index contributed by atoms with van der Waals surface area (Å²) in [6.45, 7) is 3.90. The molecule has 0 spiro atoms. The second-order valence-electron chi connectivity index (χ2n) is 4.68. The van der Waals surface area contributed by atoms with E-state index in [9.17, 15) is 4.79 Å². The quantitative estimate of drug-likeness (QED) is 0.674. The number of hydrazine groups is 1. The molecule has 2 rings (SSSR count). The standard InChI is InChI=1S/C15H17N3OS2/c1-10-8-13(9-21-10)14(19)17-18(15(16)20)11(2)12-6-4-3-5-7-12/h3-9,11H,1-2H3,(H2,16,20)(H,17,19). The van der Waals surface area contributed by atoms with Crippen LogP contribution in [0.15, 0.2) is 41.8 Å². The first-order valence-electron chi connectivity index (χ1n) is 6.48. The molecule has 110 valence electrons. The van der Waals surface area contributed by atoms with E-state index in [4.69, 9.17) is 18.0 Å². The molecule has 1 atom stereocenters. The van der Waals surface area contributed by atoms with Crippen molar-refractivity contribution in [2.75, 3.05) is 0 Å².